The number of para-hydroxylation sites is 1. The maximum atomic E-state index is 14.1. The highest BCUT2D eigenvalue weighted by Gasteiger charge is 2.24. The summed E-state index contributed by atoms with van der Waals surface area (Å²) in [6.45, 7) is 7.21. The number of amides is 2. The molecule has 148 valence electrons. The van der Waals surface area contributed by atoms with Crippen LogP contribution in [0.3, 0.4) is 0 Å². The van der Waals surface area contributed by atoms with E-state index in [0.717, 1.165) is 19.5 Å². The minimum absolute atomic E-state index is 0.0366. The average Bonchev–Trinajstić information content (AvgIpc) is 3.09. The molecule has 1 aliphatic rings. The summed E-state index contributed by atoms with van der Waals surface area (Å²) in [4.78, 5) is 32.1. The van der Waals surface area contributed by atoms with Crippen molar-refractivity contribution in [2.45, 2.75) is 27.2 Å². The lowest BCUT2D eigenvalue weighted by atomic mass is 9.92. The standard InChI is InChI=1S/C21H24FN3O2S/c1-14-10-15(2)12-24(11-14)20(27)9-8-17-13-28-21(23-17)25(16(3)26)19-7-5-4-6-18(19)22/h4-9,13-15H,10-12H2,1-3H3/b9-8+. The van der Waals surface area contributed by atoms with Gasteiger partial charge in [0.2, 0.25) is 11.8 Å². The van der Waals surface area contributed by atoms with Crippen molar-refractivity contribution >= 4 is 40.0 Å². The van der Waals surface area contributed by atoms with Crippen molar-refractivity contribution < 1.29 is 14.0 Å². The fourth-order valence-corrected chi connectivity index (χ4v) is 4.45. The van der Waals surface area contributed by atoms with Crippen molar-refractivity contribution in [2.75, 3.05) is 18.0 Å². The first-order valence-corrected chi connectivity index (χ1v) is 10.2. The Bertz CT molecular complexity index is 885. The minimum atomic E-state index is -0.492. The molecule has 1 fully saturated rings. The lowest BCUT2D eigenvalue weighted by Gasteiger charge is -2.34. The monoisotopic (exact) mass is 401 g/mol. The molecule has 1 aromatic heterocycles. The van der Waals surface area contributed by atoms with Gasteiger partial charge >= 0.3 is 0 Å². The van der Waals surface area contributed by atoms with Crippen LogP contribution in [0.1, 0.15) is 32.9 Å². The average molecular weight is 402 g/mol. The van der Waals surface area contributed by atoms with Gasteiger partial charge in [-0.2, -0.15) is 0 Å². The van der Waals surface area contributed by atoms with E-state index in [4.69, 9.17) is 0 Å². The zero-order chi connectivity index (χ0) is 20.3. The predicted octanol–water partition coefficient (Wildman–Crippen LogP) is 4.48. The maximum absolute atomic E-state index is 14.1. The van der Waals surface area contributed by atoms with Crippen LogP contribution in [0.5, 0.6) is 0 Å². The molecule has 1 aliphatic heterocycles. The molecule has 5 nitrogen and oxygen atoms in total. The van der Waals surface area contributed by atoms with Crippen molar-refractivity contribution in [2.24, 2.45) is 11.8 Å². The Kier molecular flexibility index (Phi) is 6.24. The third-order valence-corrected chi connectivity index (χ3v) is 5.53. The Balaban J connectivity index is 1.76. The van der Waals surface area contributed by atoms with Crippen molar-refractivity contribution in [1.82, 2.24) is 9.88 Å². The van der Waals surface area contributed by atoms with Crippen LogP contribution in [0.15, 0.2) is 35.7 Å². The molecule has 0 bridgehead atoms. The highest BCUT2D eigenvalue weighted by Crippen LogP contribution is 2.31. The van der Waals surface area contributed by atoms with E-state index in [-0.39, 0.29) is 17.5 Å². The van der Waals surface area contributed by atoms with Gasteiger partial charge in [-0.1, -0.05) is 26.0 Å². The Morgan fingerprint density at radius 1 is 1.25 bits per heavy atom. The number of anilines is 2. The van der Waals surface area contributed by atoms with E-state index in [1.807, 2.05) is 4.90 Å². The summed E-state index contributed by atoms with van der Waals surface area (Å²) >= 11 is 1.23. The van der Waals surface area contributed by atoms with E-state index >= 15 is 0 Å². The van der Waals surface area contributed by atoms with Crippen molar-refractivity contribution in [3.8, 4) is 0 Å². The molecule has 7 heteroatoms. The molecule has 2 unspecified atom stereocenters. The summed E-state index contributed by atoms with van der Waals surface area (Å²) in [7, 11) is 0. The molecule has 1 aromatic carbocycles. The van der Waals surface area contributed by atoms with Gasteiger partial charge in [-0.3, -0.25) is 14.5 Å². The van der Waals surface area contributed by atoms with Gasteiger partial charge in [0, 0.05) is 31.5 Å². The number of halogens is 1. The second-order valence-corrected chi connectivity index (χ2v) is 8.22. The van der Waals surface area contributed by atoms with Gasteiger partial charge in [-0.05, 0) is 36.5 Å². The van der Waals surface area contributed by atoms with E-state index in [9.17, 15) is 14.0 Å². The first-order chi connectivity index (χ1) is 13.3. The largest absolute Gasteiger partial charge is 0.339 e. The zero-order valence-electron chi connectivity index (χ0n) is 16.3. The molecule has 0 aliphatic carbocycles. The Hall–Kier alpha value is -2.54. The molecular formula is C21H24FN3O2S. The normalized spacial score (nSPS) is 19.8. The lowest BCUT2D eigenvalue weighted by Crippen LogP contribution is -2.41. The number of nitrogens with zero attached hydrogens (tertiary/aromatic N) is 3. The lowest BCUT2D eigenvalue weighted by molar-refractivity contribution is -0.128. The van der Waals surface area contributed by atoms with Gasteiger partial charge in [-0.25, -0.2) is 9.37 Å². The summed E-state index contributed by atoms with van der Waals surface area (Å²) in [5.74, 6) is 0.134. The summed E-state index contributed by atoms with van der Waals surface area (Å²) in [5, 5.41) is 2.11. The van der Waals surface area contributed by atoms with Crippen LogP contribution < -0.4 is 4.90 Å². The third kappa shape index (κ3) is 4.65. The number of piperidine rings is 1. The number of likely N-dealkylation sites (tertiary alicyclic amines) is 1. The Morgan fingerprint density at radius 2 is 1.93 bits per heavy atom. The fourth-order valence-electron chi connectivity index (χ4n) is 3.60. The summed E-state index contributed by atoms with van der Waals surface area (Å²) in [6, 6.07) is 6.08. The quantitative estimate of drug-likeness (QED) is 0.710. The number of rotatable bonds is 4. The molecule has 0 radical (unpaired) electrons. The van der Waals surface area contributed by atoms with Gasteiger partial charge in [0.1, 0.15) is 5.82 Å². The minimum Gasteiger partial charge on any atom is -0.339 e. The molecule has 2 heterocycles. The summed E-state index contributed by atoms with van der Waals surface area (Å²) in [6.07, 6.45) is 4.30. The number of aromatic nitrogens is 1. The molecule has 1 saturated heterocycles. The van der Waals surface area contributed by atoms with Crippen LogP contribution in [-0.4, -0.2) is 34.8 Å². The van der Waals surface area contributed by atoms with E-state index in [1.54, 1.807) is 23.6 Å². The zero-order valence-corrected chi connectivity index (χ0v) is 17.1. The van der Waals surface area contributed by atoms with E-state index in [2.05, 4.69) is 18.8 Å². The number of thiazole rings is 1. The van der Waals surface area contributed by atoms with Crippen LogP contribution in [0.4, 0.5) is 15.2 Å². The first-order valence-electron chi connectivity index (χ1n) is 9.33. The molecule has 0 N–H and O–H groups in total. The molecule has 3 rings (SSSR count). The van der Waals surface area contributed by atoms with Crippen LogP contribution in [-0.2, 0) is 9.59 Å². The number of benzene rings is 1. The number of hydrogen-bond donors (Lipinski definition) is 0. The molecule has 0 spiro atoms. The van der Waals surface area contributed by atoms with E-state index in [1.165, 1.54) is 41.4 Å². The van der Waals surface area contributed by atoms with Crippen molar-refractivity contribution in [3.05, 3.63) is 47.2 Å². The topological polar surface area (TPSA) is 53.5 Å². The summed E-state index contributed by atoms with van der Waals surface area (Å²) < 4.78 is 14.1. The summed E-state index contributed by atoms with van der Waals surface area (Å²) in [5.41, 5.74) is 0.723. The van der Waals surface area contributed by atoms with Gasteiger partial charge in [0.05, 0.1) is 11.4 Å². The molecular weight excluding hydrogens is 377 g/mol. The first kappa shape index (κ1) is 20.2. The van der Waals surface area contributed by atoms with Gasteiger partial charge < -0.3 is 4.90 Å². The number of carbonyl (C=O) groups is 2. The SMILES string of the molecule is CC(=O)N(c1nc(/C=C/C(=O)N2CC(C)CC(C)C2)cs1)c1ccccc1F. The molecule has 2 atom stereocenters. The van der Waals surface area contributed by atoms with Crippen LogP contribution in [0.25, 0.3) is 6.08 Å². The van der Waals surface area contributed by atoms with Crippen LogP contribution in [0, 0.1) is 17.7 Å². The molecule has 0 saturated carbocycles. The molecule has 2 aromatic rings. The van der Waals surface area contributed by atoms with Crippen molar-refractivity contribution in [1.29, 1.82) is 0 Å². The van der Waals surface area contributed by atoms with Gasteiger partial charge in [0.25, 0.3) is 0 Å². The fraction of sp³-hybridized carbons (Fsp3) is 0.381. The third-order valence-electron chi connectivity index (χ3n) is 4.69. The van der Waals surface area contributed by atoms with E-state index < -0.39 is 5.82 Å². The molecule has 28 heavy (non-hydrogen) atoms. The predicted molar refractivity (Wildman–Crippen MR) is 110 cm³/mol. The van der Waals surface area contributed by atoms with Crippen LogP contribution >= 0.6 is 11.3 Å². The number of hydrogen-bond acceptors (Lipinski definition) is 4. The second-order valence-electron chi connectivity index (χ2n) is 7.38. The smallest absolute Gasteiger partial charge is 0.246 e. The van der Waals surface area contributed by atoms with Crippen LogP contribution in [0.2, 0.25) is 0 Å². The highest BCUT2D eigenvalue weighted by atomic mass is 32.1. The Labute approximate surface area is 168 Å². The van der Waals surface area contributed by atoms with Gasteiger partial charge in [0.15, 0.2) is 5.13 Å². The van der Waals surface area contributed by atoms with E-state index in [0.29, 0.717) is 22.7 Å². The highest BCUT2D eigenvalue weighted by molar-refractivity contribution is 7.14. The second kappa shape index (κ2) is 8.65. The molecule has 2 amide bonds. The van der Waals surface area contributed by atoms with Crippen molar-refractivity contribution in [3.63, 3.8) is 0 Å². The van der Waals surface area contributed by atoms with Gasteiger partial charge in [-0.15, -0.1) is 11.3 Å². The number of carbonyl (C=O) groups excluding carboxylic acids is 2. The Morgan fingerprint density at radius 3 is 2.57 bits per heavy atom. The maximum Gasteiger partial charge on any atom is 0.246 e.